The molecule has 0 saturated carbocycles. The van der Waals surface area contributed by atoms with Gasteiger partial charge in [-0.3, -0.25) is 19.2 Å². The van der Waals surface area contributed by atoms with Crippen LogP contribution in [0.5, 0.6) is 0 Å². The molecule has 0 fully saturated rings. The zero-order chi connectivity index (χ0) is 90.6. The van der Waals surface area contributed by atoms with E-state index >= 15 is 0 Å². The number of rotatable bonds is 14. The quantitative estimate of drug-likeness (QED) is 0.0840. The third-order valence-electron chi connectivity index (χ3n) is 29.8. The molecule has 0 amide bonds. The van der Waals surface area contributed by atoms with Crippen LogP contribution >= 0.6 is 15.9 Å². The van der Waals surface area contributed by atoms with Crippen LogP contribution in [0.25, 0.3) is 4.85 Å². The van der Waals surface area contributed by atoms with Gasteiger partial charge in [0, 0.05) is 5.70 Å². The molecule has 14 heteroatoms. The van der Waals surface area contributed by atoms with Crippen molar-refractivity contribution in [2.75, 3.05) is 0 Å². The van der Waals surface area contributed by atoms with Gasteiger partial charge in [0.15, 0.2) is 0 Å². The van der Waals surface area contributed by atoms with E-state index in [9.17, 15) is 45.0 Å². The number of carbonyl (C=O) groups excluding carboxylic acids is 1. The van der Waals surface area contributed by atoms with Crippen LogP contribution in [0.2, 0.25) is 0 Å². The number of carboxylic acid groups (broad SMARTS) is 3. The molecule has 0 aliphatic rings. The van der Waals surface area contributed by atoms with Gasteiger partial charge in [0.1, 0.15) is 5.78 Å². The first-order valence-electron chi connectivity index (χ1n) is 39.3. The summed E-state index contributed by atoms with van der Waals surface area (Å²) in [5.74, 6) is -4.70. The predicted molar refractivity (Wildman–Crippen MR) is 462 cm³/mol. The van der Waals surface area contributed by atoms with Crippen molar-refractivity contribution in [3.63, 3.8) is 0 Å². The molecule has 0 aromatic carbocycles. The van der Waals surface area contributed by atoms with E-state index in [2.05, 4.69) is 277 Å². The van der Waals surface area contributed by atoms with Crippen LogP contribution in [0, 0.1) is 178 Å². The second-order valence-corrected chi connectivity index (χ2v) is 49.8. The van der Waals surface area contributed by atoms with Crippen LogP contribution in [0.4, 0.5) is 0 Å². The SMILES string of the molecule is C.CC(=O)CC#N.CC(C)(C)C(C)(C)Br.CC(C)(C)C(C)(C)C(C#N)C(C)(C)C(C)(C)C.CC(C)(C)C(C)(C)C(C#N)C(C)(C)C(C)(C)C.CC(C)(C)C(C)(C)C(C(=O)O)C(C)(C)C(C)(C)C.[2H]C(C(=O)O)(C(C)(C)C(C)(C)C)C(C)(C)C(C)(C)C.[2H][O-].[C-]#[N+]C(C(=O)O)(C(C)(C)C(C)(C)C)C(C)(C)C(C)(C)C.[Na+]. The third-order valence-corrected chi connectivity index (χ3v) is 31.0. The molecule has 0 spiro atoms. The second kappa shape index (κ2) is 40.2. The van der Waals surface area contributed by atoms with Gasteiger partial charge < -0.3 is 20.8 Å². The fourth-order valence-electron chi connectivity index (χ4n) is 11.5. The van der Waals surface area contributed by atoms with Crippen LogP contribution in [0.15, 0.2) is 0 Å². The zero-order valence-electron chi connectivity index (χ0n) is 83.0. The summed E-state index contributed by atoms with van der Waals surface area (Å²) in [7, 11) is 0. The first-order valence-corrected chi connectivity index (χ1v) is 39.1. The molecule has 0 aliphatic carbocycles. The van der Waals surface area contributed by atoms with Gasteiger partial charge in [-0.1, -0.05) is 390 Å². The average molecular weight is 1590 g/mol. The molecule has 107 heavy (non-hydrogen) atoms. The standard InChI is InChI=1S/C17H31NO2.2C16H31N.2C16H32O2.C7H15Br.C4H5NO.CH4.Na.H2O/c1-13(2,3)15(7,8)17(18-11,12(19)20)16(9,10)14(4,5)6;2*1-13(2,3)15(7,8)12(11-17)16(9,10)14(4,5)6;2*1-13(2,3)15(7,8)11(12(17)18)16(9,10)14(4,5)6;1-6(2,3)7(4,5)8;1-4(6)2-3-5;;;/h1-10H3,(H,19,20);2*12H,1-10H3;2*11H,1-10H3,(H,17,18);1-5H3;2H2,1H3;1H4;;1H2/q;;;;;;;;+1;/p-1/i;;;11D;;;;;;/hD. The maximum atomic E-state index is 12.2. The van der Waals surface area contributed by atoms with E-state index in [1.54, 1.807) is 6.07 Å². The summed E-state index contributed by atoms with van der Waals surface area (Å²) in [6.07, 6.45) is 0.0417. The molecule has 0 bridgehead atoms. The molecule has 0 atom stereocenters. The molecule has 0 rings (SSSR count). The molecule has 0 unspecified atom stereocenters. The first kappa shape index (κ1) is 120. The largest absolute Gasteiger partial charge is 1.00 e. The molecule has 0 heterocycles. The molecule has 0 aliphatic heterocycles. The number of carbonyl (C=O) groups is 4. The maximum absolute atomic E-state index is 12.2. The fraction of sp³-hybridized carbons (Fsp3) is 0.914. The number of hydrogen-bond acceptors (Lipinski definition) is 8. The molecule has 0 aromatic rings. The average Bonchev–Trinajstić information content (AvgIpc) is 0.713. The van der Waals surface area contributed by atoms with Gasteiger partial charge in [-0.15, -0.1) is 1.43 Å². The van der Waals surface area contributed by atoms with Crippen LogP contribution in [0.1, 0.15) is 404 Å². The monoisotopic (exact) mass is 1590 g/mol. The van der Waals surface area contributed by atoms with Crippen molar-refractivity contribution in [1.29, 1.82) is 15.8 Å². The van der Waals surface area contributed by atoms with E-state index < -0.39 is 51.0 Å². The van der Waals surface area contributed by atoms with E-state index in [4.69, 9.17) is 18.7 Å². The molecule has 630 valence electrons. The Balaban J connectivity index is -0.000000133. The summed E-state index contributed by atoms with van der Waals surface area (Å²) >= 11 is 3.60. The Kier molecular flexibility index (Phi) is 45.1. The third kappa shape index (κ3) is 30.6. The molecular weight excluding hydrogens is 1400 g/mol. The maximum Gasteiger partial charge on any atom is 1.00 e. The molecule has 0 radical (unpaired) electrons. The summed E-state index contributed by atoms with van der Waals surface area (Å²) in [6.45, 7) is 125. The van der Waals surface area contributed by atoms with Gasteiger partial charge in [0.05, 0.1) is 59.1 Å². The minimum absolute atomic E-state index is 0. The number of hydrogen-bond donors (Lipinski definition) is 3. The van der Waals surface area contributed by atoms with E-state index in [1.165, 1.54) is 6.92 Å². The van der Waals surface area contributed by atoms with Gasteiger partial charge in [-0.2, -0.15) is 15.8 Å². The smallest absolute Gasteiger partial charge is 0.870 e. The number of Topliss-reactive ketones (excluding diaryl/α,β-unsaturated/α-hetero) is 1. The predicted octanol–water partition coefficient (Wildman–Crippen LogP) is 26.2. The number of halogens is 1. The summed E-state index contributed by atoms with van der Waals surface area (Å²) in [6, 6.07) is 6.91. The van der Waals surface area contributed by atoms with Crippen molar-refractivity contribution < 1.29 is 72.3 Å². The van der Waals surface area contributed by atoms with Crippen LogP contribution in [-0.4, -0.2) is 54.4 Å². The topological polar surface area (TPSA) is 235 Å². The van der Waals surface area contributed by atoms with E-state index in [0.717, 1.165) is 0 Å². The Morgan fingerprint density at radius 3 is 0.626 bits per heavy atom. The van der Waals surface area contributed by atoms with Gasteiger partial charge in [-0.05, 0) is 124 Å². The van der Waals surface area contributed by atoms with Crippen molar-refractivity contribution >= 4 is 39.6 Å². The Bertz CT molecular complexity index is 2770. The molecule has 0 saturated heterocycles. The van der Waals surface area contributed by atoms with Crippen molar-refractivity contribution in [1.82, 2.24) is 0 Å². The number of nitriles is 3. The van der Waals surface area contributed by atoms with E-state index in [1.807, 2.05) is 138 Å². The molecule has 0 aromatic heterocycles. The van der Waals surface area contributed by atoms with Crippen molar-refractivity contribution in [3.05, 3.63) is 11.4 Å². The van der Waals surface area contributed by atoms with E-state index in [-0.39, 0.29) is 158 Å². The Morgan fingerprint density at radius 1 is 0.374 bits per heavy atom. The minimum atomic E-state index is -1.57. The van der Waals surface area contributed by atoms with Gasteiger partial charge in [0.25, 0.3) is 0 Å². The van der Waals surface area contributed by atoms with Gasteiger partial charge >= 0.3 is 53.0 Å². The summed E-state index contributed by atoms with van der Waals surface area (Å²) in [5.41, 5.74) is 2.19. The molecular formula is C93H182BrN4NaO8. The first-order chi connectivity index (χ1) is 45.4. The number of aliphatic carboxylic acids is 3. The summed E-state index contributed by atoms with van der Waals surface area (Å²) in [5, 5.41) is 56.7. The van der Waals surface area contributed by atoms with E-state index in [0.29, 0.717) is 5.41 Å². The summed E-state index contributed by atoms with van der Waals surface area (Å²) < 4.78 is 13.6. The Morgan fingerprint density at radius 2 is 0.551 bits per heavy atom. The summed E-state index contributed by atoms with van der Waals surface area (Å²) in [4.78, 5) is 49.7. The second-order valence-electron chi connectivity index (χ2n) is 47.8. The number of ketones is 1. The van der Waals surface area contributed by atoms with Gasteiger partial charge in [0.2, 0.25) is 0 Å². The van der Waals surface area contributed by atoms with Crippen LogP contribution in [-0.2, 0) is 19.2 Å². The van der Waals surface area contributed by atoms with Gasteiger partial charge in [-0.25, -0.2) is 11.4 Å². The Hall–Kier alpha value is -2.52. The van der Waals surface area contributed by atoms with Crippen molar-refractivity contribution in [3.8, 4) is 18.2 Å². The number of nitrogens with zero attached hydrogens (tertiary/aromatic N) is 4. The normalized spacial score (nSPS) is 14.3. The Labute approximate surface area is 701 Å². The molecule has 12 nitrogen and oxygen atoms in total. The van der Waals surface area contributed by atoms with Crippen LogP contribution in [0.3, 0.4) is 0 Å². The van der Waals surface area contributed by atoms with Crippen LogP contribution < -0.4 is 29.6 Å². The van der Waals surface area contributed by atoms with Crippen molar-refractivity contribution in [2.24, 2.45) is 137 Å². The zero-order valence-corrected chi connectivity index (χ0v) is 84.6. The fourth-order valence-corrected chi connectivity index (χ4v) is 11.5. The minimum Gasteiger partial charge on any atom is -0.870 e. The molecule has 4 N–H and O–H groups in total. The number of carboxylic acids is 3. The van der Waals surface area contributed by atoms with Crippen molar-refractivity contribution in [2.45, 2.75) is 411 Å². The number of alkyl halides is 1.